The summed E-state index contributed by atoms with van der Waals surface area (Å²) in [4.78, 5) is 15.4. The molecule has 1 aliphatic rings. The molecular weight excluding hydrogens is 386 g/mol. The van der Waals surface area contributed by atoms with Crippen LogP contribution in [0.1, 0.15) is 21.5 Å². The number of nitrogens with zero attached hydrogens (tertiary/aromatic N) is 2. The highest BCUT2D eigenvalue weighted by Crippen LogP contribution is 2.38. The molecule has 1 aliphatic heterocycles. The van der Waals surface area contributed by atoms with Crippen LogP contribution in [0.2, 0.25) is 0 Å². The van der Waals surface area contributed by atoms with Crippen LogP contribution in [-0.2, 0) is 12.4 Å². The van der Waals surface area contributed by atoms with Crippen LogP contribution in [0, 0.1) is 0 Å². The minimum absolute atomic E-state index is 0.110. The van der Waals surface area contributed by atoms with Crippen molar-refractivity contribution in [2.24, 2.45) is 0 Å². The van der Waals surface area contributed by atoms with Gasteiger partial charge in [-0.25, -0.2) is 0 Å². The molecule has 0 unspecified atom stereocenters. The Morgan fingerprint density at radius 3 is 1.71 bits per heavy atom. The van der Waals surface area contributed by atoms with Gasteiger partial charge in [0.25, 0.3) is 5.91 Å². The SMILES string of the molecule is O=C(c1ccccc1)N1CCN(c2cc(C(F)(F)F)cc(C(F)(F)F)c2)CC1. The molecule has 1 saturated heterocycles. The second-order valence-electron chi connectivity index (χ2n) is 6.41. The van der Waals surface area contributed by atoms with E-state index in [1.807, 2.05) is 0 Å². The topological polar surface area (TPSA) is 23.6 Å². The van der Waals surface area contributed by atoms with E-state index in [2.05, 4.69) is 0 Å². The van der Waals surface area contributed by atoms with Gasteiger partial charge in [0, 0.05) is 37.4 Å². The summed E-state index contributed by atoms with van der Waals surface area (Å²) >= 11 is 0. The first kappa shape index (κ1) is 20.0. The van der Waals surface area contributed by atoms with Crippen molar-refractivity contribution >= 4 is 11.6 Å². The highest BCUT2D eigenvalue weighted by Gasteiger charge is 2.37. The van der Waals surface area contributed by atoms with Gasteiger partial charge >= 0.3 is 12.4 Å². The number of carbonyl (C=O) groups is 1. The lowest BCUT2D eigenvalue weighted by Gasteiger charge is -2.36. The molecule has 2 aromatic carbocycles. The Morgan fingerprint density at radius 2 is 1.25 bits per heavy atom. The highest BCUT2D eigenvalue weighted by molar-refractivity contribution is 5.94. The number of anilines is 1. The number of benzene rings is 2. The quantitative estimate of drug-likeness (QED) is 0.681. The van der Waals surface area contributed by atoms with E-state index in [4.69, 9.17) is 0 Å². The third-order valence-electron chi connectivity index (χ3n) is 4.53. The number of hydrogen-bond donors (Lipinski definition) is 0. The molecule has 2 aromatic rings. The summed E-state index contributed by atoms with van der Waals surface area (Å²) in [6.07, 6.45) is -9.78. The summed E-state index contributed by atoms with van der Waals surface area (Å²) < 4.78 is 78.1. The summed E-state index contributed by atoms with van der Waals surface area (Å²) in [6.45, 7) is 0.672. The van der Waals surface area contributed by atoms with Crippen molar-refractivity contribution in [3.8, 4) is 0 Å². The molecule has 9 heteroatoms. The third kappa shape index (κ3) is 4.40. The van der Waals surface area contributed by atoms with E-state index in [-0.39, 0.29) is 43.8 Å². The van der Waals surface area contributed by atoms with E-state index < -0.39 is 23.5 Å². The highest BCUT2D eigenvalue weighted by atomic mass is 19.4. The van der Waals surface area contributed by atoms with Crippen LogP contribution >= 0.6 is 0 Å². The first-order valence-corrected chi connectivity index (χ1v) is 8.44. The Labute approximate surface area is 157 Å². The number of amides is 1. The van der Waals surface area contributed by atoms with Gasteiger partial charge < -0.3 is 9.80 Å². The monoisotopic (exact) mass is 402 g/mol. The van der Waals surface area contributed by atoms with Crippen LogP contribution in [-0.4, -0.2) is 37.0 Å². The molecule has 0 N–H and O–H groups in total. The molecule has 0 atom stereocenters. The molecule has 0 aromatic heterocycles. The van der Waals surface area contributed by atoms with Crippen LogP contribution in [0.5, 0.6) is 0 Å². The zero-order valence-electron chi connectivity index (χ0n) is 14.5. The molecule has 0 spiro atoms. The zero-order valence-corrected chi connectivity index (χ0v) is 14.5. The largest absolute Gasteiger partial charge is 0.416 e. The number of rotatable bonds is 2. The fourth-order valence-corrected chi connectivity index (χ4v) is 3.05. The van der Waals surface area contributed by atoms with Gasteiger partial charge in [0.2, 0.25) is 0 Å². The second kappa shape index (κ2) is 7.37. The van der Waals surface area contributed by atoms with Crippen molar-refractivity contribution in [3.63, 3.8) is 0 Å². The Balaban J connectivity index is 1.79. The van der Waals surface area contributed by atoms with Crippen LogP contribution in [0.15, 0.2) is 48.5 Å². The Morgan fingerprint density at radius 1 is 0.750 bits per heavy atom. The number of carbonyl (C=O) groups excluding carboxylic acids is 1. The molecule has 0 aliphatic carbocycles. The number of alkyl halides is 6. The summed E-state index contributed by atoms with van der Waals surface area (Å²) in [5.74, 6) is -0.222. The predicted octanol–water partition coefficient (Wildman–Crippen LogP) is 4.69. The molecule has 3 nitrogen and oxygen atoms in total. The minimum Gasteiger partial charge on any atom is -0.368 e. The van der Waals surface area contributed by atoms with Crippen molar-refractivity contribution in [1.29, 1.82) is 0 Å². The van der Waals surface area contributed by atoms with Gasteiger partial charge in [-0.15, -0.1) is 0 Å². The average molecular weight is 402 g/mol. The van der Waals surface area contributed by atoms with E-state index in [1.165, 1.54) is 9.80 Å². The van der Waals surface area contributed by atoms with Crippen molar-refractivity contribution in [2.75, 3.05) is 31.1 Å². The van der Waals surface area contributed by atoms with Crippen molar-refractivity contribution in [3.05, 3.63) is 65.2 Å². The molecular formula is C19H16F6N2O. The normalized spacial score (nSPS) is 15.6. The Bertz CT molecular complexity index is 807. The fraction of sp³-hybridized carbons (Fsp3) is 0.316. The average Bonchev–Trinajstić information content (AvgIpc) is 2.66. The lowest BCUT2D eigenvalue weighted by molar-refractivity contribution is -0.143. The number of piperazine rings is 1. The molecule has 0 bridgehead atoms. The van der Waals surface area contributed by atoms with Crippen LogP contribution in [0.3, 0.4) is 0 Å². The van der Waals surface area contributed by atoms with Gasteiger partial charge in [-0.3, -0.25) is 4.79 Å². The van der Waals surface area contributed by atoms with Crippen LogP contribution < -0.4 is 4.90 Å². The standard InChI is InChI=1S/C19H16F6N2O/c20-18(21,22)14-10-15(19(23,24)25)12-16(11-14)26-6-8-27(9-7-26)17(28)13-4-2-1-3-5-13/h1-5,10-12H,6-9H2. The number of halogens is 6. The van der Waals surface area contributed by atoms with E-state index in [0.717, 1.165) is 0 Å². The van der Waals surface area contributed by atoms with Gasteiger partial charge in [0.1, 0.15) is 0 Å². The van der Waals surface area contributed by atoms with Gasteiger partial charge in [-0.05, 0) is 30.3 Å². The van der Waals surface area contributed by atoms with E-state index >= 15 is 0 Å². The van der Waals surface area contributed by atoms with Crippen molar-refractivity contribution in [1.82, 2.24) is 4.90 Å². The predicted molar refractivity (Wildman–Crippen MR) is 91.0 cm³/mol. The van der Waals surface area contributed by atoms with Crippen molar-refractivity contribution < 1.29 is 31.1 Å². The lowest BCUT2D eigenvalue weighted by atomic mass is 10.1. The number of hydrogen-bond acceptors (Lipinski definition) is 2. The van der Waals surface area contributed by atoms with Crippen LogP contribution in [0.25, 0.3) is 0 Å². The van der Waals surface area contributed by atoms with E-state index in [1.54, 1.807) is 30.3 Å². The summed E-state index contributed by atoms with van der Waals surface area (Å²) in [5, 5.41) is 0. The molecule has 150 valence electrons. The first-order chi connectivity index (χ1) is 13.1. The van der Waals surface area contributed by atoms with E-state index in [9.17, 15) is 31.1 Å². The van der Waals surface area contributed by atoms with Gasteiger partial charge in [-0.1, -0.05) is 18.2 Å². The lowest BCUT2D eigenvalue weighted by Crippen LogP contribution is -2.48. The van der Waals surface area contributed by atoms with Crippen LogP contribution in [0.4, 0.5) is 32.0 Å². The Kier molecular flexibility index (Phi) is 5.27. The molecule has 1 amide bonds. The fourth-order valence-electron chi connectivity index (χ4n) is 3.05. The minimum atomic E-state index is -4.89. The van der Waals surface area contributed by atoms with Gasteiger partial charge in [0.05, 0.1) is 11.1 Å². The first-order valence-electron chi connectivity index (χ1n) is 8.44. The molecule has 0 saturated carbocycles. The second-order valence-corrected chi connectivity index (χ2v) is 6.41. The summed E-state index contributed by atoms with van der Waals surface area (Å²) in [6, 6.07) is 10.0. The smallest absolute Gasteiger partial charge is 0.368 e. The maximum atomic E-state index is 13.0. The molecule has 28 heavy (non-hydrogen) atoms. The molecule has 3 rings (SSSR count). The zero-order chi connectivity index (χ0) is 20.5. The maximum Gasteiger partial charge on any atom is 0.416 e. The summed E-state index contributed by atoms with van der Waals surface area (Å²) in [7, 11) is 0. The van der Waals surface area contributed by atoms with E-state index in [0.29, 0.717) is 17.7 Å². The Hall–Kier alpha value is -2.71. The third-order valence-corrected chi connectivity index (χ3v) is 4.53. The summed E-state index contributed by atoms with van der Waals surface area (Å²) in [5.41, 5.74) is -2.37. The molecule has 0 radical (unpaired) electrons. The van der Waals surface area contributed by atoms with Gasteiger partial charge in [0.15, 0.2) is 0 Å². The van der Waals surface area contributed by atoms with Gasteiger partial charge in [-0.2, -0.15) is 26.3 Å². The maximum absolute atomic E-state index is 13.0. The molecule has 1 heterocycles. The molecule has 1 fully saturated rings. The van der Waals surface area contributed by atoms with Crippen molar-refractivity contribution in [2.45, 2.75) is 12.4 Å².